The summed E-state index contributed by atoms with van der Waals surface area (Å²) in [6, 6.07) is 9.80. The van der Waals surface area contributed by atoms with E-state index in [4.69, 9.17) is 9.47 Å². The Morgan fingerprint density at radius 3 is 2.71 bits per heavy atom. The van der Waals surface area contributed by atoms with Crippen molar-refractivity contribution in [1.29, 1.82) is 0 Å². The second-order valence-electron chi connectivity index (χ2n) is 6.34. The first-order valence-corrected chi connectivity index (χ1v) is 9.63. The number of imidazole rings is 1. The summed E-state index contributed by atoms with van der Waals surface area (Å²) in [7, 11) is 1.48. The largest absolute Gasteiger partial charge is 0.487 e. The summed E-state index contributed by atoms with van der Waals surface area (Å²) in [5, 5.41) is 10.00. The van der Waals surface area contributed by atoms with E-state index >= 15 is 0 Å². The number of methoxy groups -OCH3 is 1. The van der Waals surface area contributed by atoms with E-state index in [1.807, 2.05) is 0 Å². The highest BCUT2D eigenvalue weighted by molar-refractivity contribution is 7.16. The Morgan fingerprint density at radius 1 is 1.23 bits per heavy atom. The van der Waals surface area contributed by atoms with Crippen molar-refractivity contribution in [2.75, 3.05) is 7.11 Å². The second kappa shape index (κ2) is 7.91. The van der Waals surface area contributed by atoms with Crippen molar-refractivity contribution in [2.24, 2.45) is 0 Å². The van der Waals surface area contributed by atoms with E-state index in [0.29, 0.717) is 22.0 Å². The van der Waals surface area contributed by atoms with E-state index in [1.54, 1.807) is 16.7 Å². The molecule has 0 fully saturated rings. The molecule has 160 valence electrons. The number of aromatic carboxylic acids is 1. The van der Waals surface area contributed by atoms with E-state index in [9.17, 15) is 23.1 Å². The zero-order valence-corrected chi connectivity index (χ0v) is 16.7. The van der Waals surface area contributed by atoms with E-state index in [-0.39, 0.29) is 16.2 Å². The fourth-order valence-corrected chi connectivity index (χ4v) is 3.91. The first kappa shape index (κ1) is 20.7. The number of hydrogen-bond donors (Lipinski definition) is 1. The van der Waals surface area contributed by atoms with Crippen molar-refractivity contribution >= 4 is 28.5 Å². The number of ether oxygens (including phenoxy) is 2. The van der Waals surface area contributed by atoms with Crippen LogP contribution in [0.1, 0.15) is 20.8 Å². The van der Waals surface area contributed by atoms with Gasteiger partial charge in [0.25, 0.3) is 0 Å². The maximum absolute atomic E-state index is 13.2. The normalized spacial score (nSPS) is 11.6. The number of carboxylic acid groups (broad SMARTS) is 1. The Labute approximate surface area is 177 Å². The van der Waals surface area contributed by atoms with Crippen LogP contribution in [-0.2, 0) is 12.8 Å². The molecule has 3 heterocycles. The molecule has 0 atom stereocenters. The SMILES string of the molecule is COc1ccc2c(ncn2-c2cc(OCc3ccccc3C(F)(F)F)c(C(=O)O)s2)n1. The van der Waals surface area contributed by atoms with E-state index in [0.717, 1.165) is 17.4 Å². The van der Waals surface area contributed by atoms with E-state index in [2.05, 4.69) is 9.97 Å². The summed E-state index contributed by atoms with van der Waals surface area (Å²) in [4.78, 5) is 19.9. The molecule has 3 aromatic heterocycles. The van der Waals surface area contributed by atoms with Gasteiger partial charge in [0.2, 0.25) is 5.88 Å². The van der Waals surface area contributed by atoms with Gasteiger partial charge in [0.05, 0.1) is 18.2 Å². The standard InChI is InChI=1S/C20H14F3N3O4S/c1-29-15-7-6-13-18(25-15)24-10-26(13)16-8-14(17(31-16)19(27)28)30-9-11-4-2-3-5-12(11)20(21,22)23/h2-8,10H,9H2,1H3,(H,27,28). The molecule has 4 rings (SSSR count). The Bertz CT molecular complexity index is 1270. The lowest BCUT2D eigenvalue weighted by atomic mass is 10.1. The molecular formula is C20H14F3N3O4S. The summed E-state index contributed by atoms with van der Waals surface area (Å²) < 4.78 is 51.8. The summed E-state index contributed by atoms with van der Waals surface area (Å²) >= 11 is 0.912. The second-order valence-corrected chi connectivity index (χ2v) is 7.37. The average molecular weight is 449 g/mol. The molecule has 1 N–H and O–H groups in total. The zero-order chi connectivity index (χ0) is 22.2. The summed E-state index contributed by atoms with van der Waals surface area (Å²) in [5.41, 5.74) is 0.0746. The summed E-state index contributed by atoms with van der Waals surface area (Å²) in [5.74, 6) is -0.908. The molecule has 0 unspecified atom stereocenters. The number of rotatable bonds is 6. The van der Waals surface area contributed by atoms with Crippen LogP contribution < -0.4 is 9.47 Å². The van der Waals surface area contributed by atoms with Crippen molar-refractivity contribution in [1.82, 2.24) is 14.5 Å². The van der Waals surface area contributed by atoms with Gasteiger partial charge in [0, 0.05) is 17.7 Å². The van der Waals surface area contributed by atoms with Crippen LogP contribution in [0.3, 0.4) is 0 Å². The van der Waals surface area contributed by atoms with Crippen LogP contribution in [0.5, 0.6) is 11.6 Å². The molecule has 11 heteroatoms. The maximum atomic E-state index is 13.2. The Balaban J connectivity index is 1.68. The molecule has 7 nitrogen and oxygen atoms in total. The van der Waals surface area contributed by atoms with Gasteiger partial charge in [-0.25, -0.2) is 9.78 Å². The molecule has 4 aromatic rings. The van der Waals surface area contributed by atoms with Gasteiger partial charge in [-0.05, 0) is 12.1 Å². The number of aromatic nitrogens is 3. The van der Waals surface area contributed by atoms with Gasteiger partial charge >= 0.3 is 12.1 Å². The Morgan fingerprint density at radius 2 is 2.00 bits per heavy atom. The number of halogens is 3. The molecule has 1 aromatic carbocycles. The lowest BCUT2D eigenvalue weighted by Crippen LogP contribution is -2.11. The van der Waals surface area contributed by atoms with Crippen molar-refractivity contribution in [3.8, 4) is 16.6 Å². The van der Waals surface area contributed by atoms with Gasteiger partial charge in [-0.3, -0.25) is 4.57 Å². The fraction of sp³-hybridized carbons (Fsp3) is 0.150. The average Bonchev–Trinajstić information content (AvgIpc) is 3.35. The maximum Gasteiger partial charge on any atom is 0.416 e. The number of nitrogens with zero attached hydrogens (tertiary/aromatic N) is 3. The van der Waals surface area contributed by atoms with Crippen LogP contribution >= 0.6 is 11.3 Å². The molecule has 0 aliphatic rings. The van der Waals surface area contributed by atoms with E-state index in [1.165, 1.54) is 37.7 Å². The highest BCUT2D eigenvalue weighted by Gasteiger charge is 2.33. The number of pyridine rings is 1. The third-order valence-corrected chi connectivity index (χ3v) is 5.52. The third kappa shape index (κ3) is 4.04. The molecule has 0 amide bonds. The fourth-order valence-electron chi connectivity index (χ4n) is 2.99. The van der Waals surface area contributed by atoms with Gasteiger partial charge < -0.3 is 14.6 Å². The number of fused-ring (bicyclic) bond motifs is 1. The predicted octanol–water partition coefficient (Wildman–Crippen LogP) is 4.79. The number of hydrogen-bond acceptors (Lipinski definition) is 6. The lowest BCUT2D eigenvalue weighted by Gasteiger charge is -2.13. The Hall–Kier alpha value is -3.60. The number of thiophene rings is 1. The topological polar surface area (TPSA) is 86.5 Å². The van der Waals surface area contributed by atoms with Crippen LogP contribution in [0.4, 0.5) is 13.2 Å². The van der Waals surface area contributed by atoms with Crippen molar-refractivity contribution in [2.45, 2.75) is 12.8 Å². The van der Waals surface area contributed by atoms with Crippen molar-refractivity contribution in [3.63, 3.8) is 0 Å². The lowest BCUT2D eigenvalue weighted by molar-refractivity contribution is -0.138. The number of alkyl halides is 3. The molecule has 0 radical (unpaired) electrons. The van der Waals surface area contributed by atoms with Crippen LogP contribution in [-0.4, -0.2) is 32.7 Å². The van der Waals surface area contributed by atoms with Crippen LogP contribution in [0.15, 0.2) is 48.8 Å². The van der Waals surface area contributed by atoms with Gasteiger partial charge in [-0.1, -0.05) is 18.2 Å². The molecule has 0 aliphatic carbocycles. The van der Waals surface area contributed by atoms with Crippen LogP contribution in [0, 0.1) is 0 Å². The van der Waals surface area contributed by atoms with Crippen LogP contribution in [0.2, 0.25) is 0 Å². The summed E-state index contributed by atoms with van der Waals surface area (Å²) in [6.45, 7) is -0.435. The van der Waals surface area contributed by atoms with Gasteiger partial charge in [-0.2, -0.15) is 18.2 Å². The summed E-state index contributed by atoms with van der Waals surface area (Å²) in [6.07, 6.45) is -3.07. The van der Waals surface area contributed by atoms with Crippen LogP contribution in [0.25, 0.3) is 16.2 Å². The van der Waals surface area contributed by atoms with Crippen molar-refractivity contribution < 1.29 is 32.5 Å². The monoisotopic (exact) mass is 449 g/mol. The molecule has 0 bridgehead atoms. The van der Waals surface area contributed by atoms with Crippen molar-refractivity contribution in [3.05, 3.63) is 64.8 Å². The minimum Gasteiger partial charge on any atom is -0.487 e. The quantitative estimate of drug-likeness (QED) is 0.456. The van der Waals surface area contributed by atoms with E-state index < -0.39 is 24.3 Å². The highest BCUT2D eigenvalue weighted by Crippen LogP contribution is 2.36. The Kier molecular flexibility index (Phi) is 5.27. The number of carbonyl (C=O) groups is 1. The molecular weight excluding hydrogens is 435 g/mol. The predicted molar refractivity (Wildman–Crippen MR) is 106 cm³/mol. The third-order valence-electron chi connectivity index (χ3n) is 4.42. The number of carboxylic acids is 1. The minimum atomic E-state index is -4.54. The number of benzene rings is 1. The first-order valence-electron chi connectivity index (χ1n) is 8.81. The van der Waals surface area contributed by atoms with Gasteiger partial charge in [0.1, 0.15) is 23.7 Å². The molecule has 0 aliphatic heterocycles. The molecule has 0 saturated carbocycles. The smallest absolute Gasteiger partial charge is 0.416 e. The van der Waals surface area contributed by atoms with Gasteiger partial charge in [-0.15, -0.1) is 11.3 Å². The zero-order valence-electron chi connectivity index (χ0n) is 15.9. The molecule has 0 saturated heterocycles. The first-order chi connectivity index (χ1) is 14.8. The molecule has 0 spiro atoms. The highest BCUT2D eigenvalue weighted by atomic mass is 32.1. The minimum absolute atomic E-state index is 0.0344. The van der Waals surface area contributed by atoms with Gasteiger partial charge in [0.15, 0.2) is 10.5 Å². The molecule has 31 heavy (non-hydrogen) atoms.